The molecule has 0 spiro atoms. The van der Waals surface area contributed by atoms with Crippen LogP contribution in [0.2, 0.25) is 0 Å². The zero-order valence-electron chi connectivity index (χ0n) is 11.1. The summed E-state index contributed by atoms with van der Waals surface area (Å²) in [7, 11) is 1.60. The number of carbonyl (C=O) groups excluding carboxylic acids is 1. The first-order chi connectivity index (χ1) is 8.58. The maximum absolute atomic E-state index is 12.0. The Kier molecular flexibility index (Phi) is 5.99. The van der Waals surface area contributed by atoms with Gasteiger partial charge in [0.05, 0.1) is 7.11 Å². The van der Waals surface area contributed by atoms with Crippen LogP contribution in [-0.4, -0.2) is 24.9 Å². The molecule has 0 saturated heterocycles. The number of amides is 1. The summed E-state index contributed by atoms with van der Waals surface area (Å²) in [6.45, 7) is 4.15. The highest BCUT2D eigenvalue weighted by Crippen LogP contribution is 2.13. The lowest BCUT2D eigenvalue weighted by Gasteiger charge is -2.21. The highest BCUT2D eigenvalue weighted by molar-refractivity contribution is 6.17. The molecule has 1 aromatic carbocycles. The van der Waals surface area contributed by atoms with E-state index in [1.807, 2.05) is 0 Å². The fourth-order valence-electron chi connectivity index (χ4n) is 1.68. The molecular formula is C14H20ClNO2. The smallest absolute Gasteiger partial charge is 0.251 e. The summed E-state index contributed by atoms with van der Waals surface area (Å²) in [5, 5.41) is 3.01. The van der Waals surface area contributed by atoms with Crippen molar-refractivity contribution in [2.45, 2.75) is 26.3 Å². The van der Waals surface area contributed by atoms with Gasteiger partial charge in [0.25, 0.3) is 5.91 Å². The summed E-state index contributed by atoms with van der Waals surface area (Å²) in [5.74, 6) is 1.59. The van der Waals surface area contributed by atoms with Crippen LogP contribution in [0, 0.1) is 5.92 Å². The van der Waals surface area contributed by atoms with E-state index in [-0.39, 0.29) is 11.9 Å². The van der Waals surface area contributed by atoms with E-state index in [4.69, 9.17) is 16.3 Å². The summed E-state index contributed by atoms with van der Waals surface area (Å²) in [4.78, 5) is 12.0. The fourth-order valence-corrected chi connectivity index (χ4v) is 1.92. The van der Waals surface area contributed by atoms with E-state index in [9.17, 15) is 4.79 Å². The third-order valence-electron chi connectivity index (χ3n) is 2.89. The molecule has 0 saturated carbocycles. The van der Waals surface area contributed by atoms with Gasteiger partial charge in [0, 0.05) is 17.5 Å². The van der Waals surface area contributed by atoms with Crippen LogP contribution in [0.3, 0.4) is 0 Å². The van der Waals surface area contributed by atoms with E-state index in [1.165, 1.54) is 0 Å². The Morgan fingerprint density at radius 3 is 2.39 bits per heavy atom. The molecular weight excluding hydrogens is 250 g/mol. The zero-order valence-corrected chi connectivity index (χ0v) is 11.8. The minimum atomic E-state index is -0.0681. The van der Waals surface area contributed by atoms with Crippen molar-refractivity contribution in [1.82, 2.24) is 5.32 Å². The SMILES string of the molecule is COc1ccc(C(=O)NC(CCCl)C(C)C)cc1. The second-order valence-electron chi connectivity index (χ2n) is 4.53. The lowest BCUT2D eigenvalue weighted by Crippen LogP contribution is -2.38. The molecule has 4 heteroatoms. The van der Waals surface area contributed by atoms with Gasteiger partial charge in [-0.15, -0.1) is 11.6 Å². The normalized spacial score (nSPS) is 12.3. The topological polar surface area (TPSA) is 38.3 Å². The number of benzene rings is 1. The van der Waals surface area contributed by atoms with Crippen LogP contribution in [0.15, 0.2) is 24.3 Å². The third kappa shape index (κ3) is 4.22. The standard InChI is InChI=1S/C14H20ClNO2/c1-10(2)13(8-9-15)16-14(17)11-4-6-12(18-3)7-5-11/h4-7,10,13H,8-9H2,1-3H3,(H,16,17). The van der Waals surface area contributed by atoms with Gasteiger partial charge in [0.15, 0.2) is 0 Å². The molecule has 0 aliphatic heterocycles. The highest BCUT2D eigenvalue weighted by atomic mass is 35.5. The second-order valence-corrected chi connectivity index (χ2v) is 4.91. The molecule has 1 unspecified atom stereocenters. The van der Waals surface area contributed by atoms with Crippen molar-refractivity contribution in [3.05, 3.63) is 29.8 Å². The van der Waals surface area contributed by atoms with E-state index in [0.29, 0.717) is 17.4 Å². The first-order valence-corrected chi connectivity index (χ1v) is 6.62. The molecule has 0 bridgehead atoms. The Labute approximate surface area is 113 Å². The van der Waals surface area contributed by atoms with Gasteiger partial charge in [0.2, 0.25) is 0 Å². The quantitative estimate of drug-likeness (QED) is 0.806. The number of halogens is 1. The highest BCUT2D eigenvalue weighted by Gasteiger charge is 2.16. The summed E-state index contributed by atoms with van der Waals surface area (Å²) < 4.78 is 5.06. The fraction of sp³-hybridized carbons (Fsp3) is 0.500. The van der Waals surface area contributed by atoms with Gasteiger partial charge in [-0.2, -0.15) is 0 Å². The van der Waals surface area contributed by atoms with Gasteiger partial charge in [-0.25, -0.2) is 0 Å². The Hall–Kier alpha value is -1.22. The van der Waals surface area contributed by atoms with Gasteiger partial charge >= 0.3 is 0 Å². The predicted molar refractivity (Wildman–Crippen MR) is 74.4 cm³/mol. The predicted octanol–water partition coefficient (Wildman–Crippen LogP) is 3.08. The summed E-state index contributed by atoms with van der Waals surface area (Å²) in [6, 6.07) is 7.18. The lowest BCUT2D eigenvalue weighted by atomic mass is 10.0. The monoisotopic (exact) mass is 269 g/mol. The molecule has 1 atom stereocenters. The Morgan fingerprint density at radius 2 is 1.94 bits per heavy atom. The number of rotatable bonds is 6. The number of carbonyl (C=O) groups is 1. The molecule has 0 aromatic heterocycles. The average molecular weight is 270 g/mol. The van der Waals surface area contributed by atoms with E-state index >= 15 is 0 Å². The van der Waals surface area contributed by atoms with Crippen molar-refractivity contribution in [3.63, 3.8) is 0 Å². The molecule has 0 aliphatic carbocycles. The number of alkyl halides is 1. The van der Waals surface area contributed by atoms with Gasteiger partial charge in [-0.3, -0.25) is 4.79 Å². The van der Waals surface area contributed by atoms with Gasteiger partial charge < -0.3 is 10.1 Å². The van der Waals surface area contributed by atoms with E-state index < -0.39 is 0 Å². The molecule has 0 radical (unpaired) electrons. The van der Waals surface area contributed by atoms with E-state index in [0.717, 1.165) is 12.2 Å². The van der Waals surface area contributed by atoms with Crippen molar-refractivity contribution in [1.29, 1.82) is 0 Å². The van der Waals surface area contributed by atoms with Crippen molar-refractivity contribution >= 4 is 17.5 Å². The van der Waals surface area contributed by atoms with Crippen LogP contribution in [0.4, 0.5) is 0 Å². The maximum atomic E-state index is 12.0. The van der Waals surface area contributed by atoms with Crippen molar-refractivity contribution < 1.29 is 9.53 Å². The number of hydrogen-bond donors (Lipinski definition) is 1. The van der Waals surface area contributed by atoms with Crippen molar-refractivity contribution in [3.8, 4) is 5.75 Å². The van der Waals surface area contributed by atoms with Gasteiger partial charge in [-0.1, -0.05) is 13.8 Å². The Bertz CT molecular complexity index is 376. The first kappa shape index (κ1) is 14.8. The van der Waals surface area contributed by atoms with Crippen molar-refractivity contribution in [2.24, 2.45) is 5.92 Å². The number of nitrogens with one attached hydrogen (secondary N) is 1. The minimum absolute atomic E-state index is 0.0681. The molecule has 1 amide bonds. The molecule has 0 aliphatic rings. The van der Waals surface area contributed by atoms with Crippen LogP contribution in [0.1, 0.15) is 30.6 Å². The summed E-state index contributed by atoms with van der Waals surface area (Å²) in [5.41, 5.74) is 0.635. The molecule has 18 heavy (non-hydrogen) atoms. The van der Waals surface area contributed by atoms with Gasteiger partial charge in [0.1, 0.15) is 5.75 Å². The summed E-state index contributed by atoms with van der Waals surface area (Å²) in [6.07, 6.45) is 0.779. The van der Waals surface area contributed by atoms with Crippen LogP contribution in [0.5, 0.6) is 5.75 Å². The first-order valence-electron chi connectivity index (χ1n) is 6.09. The number of methoxy groups -OCH3 is 1. The van der Waals surface area contributed by atoms with E-state index in [2.05, 4.69) is 19.2 Å². The molecule has 1 aromatic rings. The van der Waals surface area contributed by atoms with E-state index in [1.54, 1.807) is 31.4 Å². The molecule has 1 N–H and O–H groups in total. The number of ether oxygens (including phenoxy) is 1. The maximum Gasteiger partial charge on any atom is 0.251 e. The van der Waals surface area contributed by atoms with Crippen LogP contribution in [-0.2, 0) is 0 Å². The zero-order chi connectivity index (χ0) is 13.5. The number of hydrogen-bond acceptors (Lipinski definition) is 2. The van der Waals surface area contributed by atoms with Crippen LogP contribution in [0.25, 0.3) is 0 Å². The van der Waals surface area contributed by atoms with Gasteiger partial charge in [-0.05, 0) is 36.6 Å². The Balaban J connectivity index is 2.67. The largest absolute Gasteiger partial charge is 0.497 e. The van der Waals surface area contributed by atoms with Crippen LogP contribution >= 0.6 is 11.6 Å². The molecule has 0 heterocycles. The molecule has 0 fully saturated rings. The average Bonchev–Trinajstić information content (AvgIpc) is 2.38. The van der Waals surface area contributed by atoms with Crippen molar-refractivity contribution in [2.75, 3.05) is 13.0 Å². The van der Waals surface area contributed by atoms with Crippen LogP contribution < -0.4 is 10.1 Å². The molecule has 100 valence electrons. The lowest BCUT2D eigenvalue weighted by molar-refractivity contribution is 0.0925. The second kappa shape index (κ2) is 7.27. The minimum Gasteiger partial charge on any atom is -0.497 e. The molecule has 1 rings (SSSR count). The molecule has 3 nitrogen and oxygen atoms in total. The summed E-state index contributed by atoms with van der Waals surface area (Å²) >= 11 is 5.74. The third-order valence-corrected chi connectivity index (χ3v) is 3.11. The Morgan fingerprint density at radius 1 is 1.33 bits per heavy atom.